The third-order valence-electron chi connectivity index (χ3n) is 5.73. The summed E-state index contributed by atoms with van der Waals surface area (Å²) in [5, 5.41) is 3.60. The fourth-order valence-electron chi connectivity index (χ4n) is 4.49. The number of morpholine rings is 1. The van der Waals surface area contributed by atoms with Gasteiger partial charge in [-0.05, 0) is 43.2 Å². The molecule has 124 valence electrons. The van der Waals surface area contributed by atoms with Gasteiger partial charge in [0.1, 0.15) is 5.82 Å². The Morgan fingerprint density at radius 1 is 1.17 bits per heavy atom. The Morgan fingerprint density at radius 3 is 2.83 bits per heavy atom. The van der Waals surface area contributed by atoms with Crippen molar-refractivity contribution in [3.05, 3.63) is 23.9 Å². The summed E-state index contributed by atoms with van der Waals surface area (Å²) in [6, 6.07) is 4.42. The molecule has 0 spiro atoms. The Hall–Kier alpha value is -1.62. The van der Waals surface area contributed by atoms with Gasteiger partial charge in [-0.3, -0.25) is 4.79 Å². The van der Waals surface area contributed by atoms with Crippen LogP contribution >= 0.6 is 0 Å². The van der Waals surface area contributed by atoms with Crippen molar-refractivity contribution in [1.82, 2.24) is 9.88 Å². The number of rotatable bonds is 3. The molecule has 0 radical (unpaired) electrons. The Kier molecular flexibility index (Phi) is 4.21. The second kappa shape index (κ2) is 6.48. The van der Waals surface area contributed by atoms with E-state index in [-0.39, 0.29) is 5.91 Å². The van der Waals surface area contributed by atoms with Crippen molar-refractivity contribution in [2.24, 2.45) is 11.8 Å². The van der Waals surface area contributed by atoms with Gasteiger partial charge in [0.2, 0.25) is 0 Å². The van der Waals surface area contributed by atoms with Crippen LogP contribution in [-0.2, 0) is 4.74 Å². The van der Waals surface area contributed by atoms with Crippen molar-refractivity contribution >= 4 is 11.7 Å². The lowest BCUT2D eigenvalue weighted by molar-refractivity contribution is 0.0302. The fourth-order valence-corrected chi connectivity index (χ4v) is 4.49. The van der Waals surface area contributed by atoms with Crippen molar-refractivity contribution in [3.63, 3.8) is 0 Å². The molecule has 3 aliphatic rings. The van der Waals surface area contributed by atoms with E-state index in [1.165, 1.54) is 32.1 Å². The summed E-state index contributed by atoms with van der Waals surface area (Å²) in [6.45, 7) is 2.60. The molecule has 0 bridgehead atoms. The highest BCUT2D eigenvalue weighted by atomic mass is 16.5. The number of anilines is 1. The van der Waals surface area contributed by atoms with Crippen LogP contribution in [0.2, 0.25) is 0 Å². The number of hydrogen-bond donors (Lipinski definition) is 1. The molecule has 1 aliphatic heterocycles. The Morgan fingerprint density at radius 2 is 2.04 bits per heavy atom. The summed E-state index contributed by atoms with van der Waals surface area (Å²) in [6.07, 6.45) is 8.47. The van der Waals surface area contributed by atoms with Gasteiger partial charge in [-0.15, -0.1) is 0 Å². The number of aromatic nitrogens is 1. The summed E-state index contributed by atoms with van der Waals surface area (Å²) in [5.74, 6) is 2.71. The summed E-state index contributed by atoms with van der Waals surface area (Å²) in [4.78, 5) is 18.7. The van der Waals surface area contributed by atoms with E-state index in [2.05, 4.69) is 10.3 Å². The van der Waals surface area contributed by atoms with Gasteiger partial charge in [0.05, 0.1) is 18.8 Å². The maximum atomic E-state index is 12.4. The molecule has 1 aromatic rings. The second-order valence-corrected chi connectivity index (χ2v) is 7.02. The number of nitrogens with zero attached hydrogens (tertiary/aromatic N) is 2. The molecule has 1 aromatic heterocycles. The number of nitrogens with one attached hydrogen (secondary N) is 1. The van der Waals surface area contributed by atoms with Crippen molar-refractivity contribution in [2.45, 2.75) is 38.1 Å². The molecule has 23 heavy (non-hydrogen) atoms. The summed E-state index contributed by atoms with van der Waals surface area (Å²) in [7, 11) is 0. The van der Waals surface area contributed by atoms with E-state index in [0.717, 1.165) is 17.7 Å². The first kappa shape index (κ1) is 14.9. The van der Waals surface area contributed by atoms with Gasteiger partial charge in [0.25, 0.3) is 5.91 Å². The van der Waals surface area contributed by atoms with Crippen LogP contribution in [-0.4, -0.2) is 48.1 Å². The van der Waals surface area contributed by atoms with Crippen LogP contribution in [0.25, 0.3) is 0 Å². The van der Waals surface area contributed by atoms with Crippen LogP contribution in [0.1, 0.15) is 42.5 Å². The highest BCUT2D eigenvalue weighted by molar-refractivity contribution is 5.94. The van der Waals surface area contributed by atoms with Crippen LogP contribution in [0.3, 0.4) is 0 Å². The molecule has 5 heteroatoms. The minimum absolute atomic E-state index is 0.0593. The average Bonchev–Trinajstić information content (AvgIpc) is 3.21. The Labute approximate surface area is 137 Å². The zero-order valence-electron chi connectivity index (χ0n) is 13.5. The third kappa shape index (κ3) is 3.07. The molecular formula is C18H25N3O2. The maximum absolute atomic E-state index is 12.4. The van der Waals surface area contributed by atoms with Gasteiger partial charge in [0, 0.05) is 25.3 Å². The highest BCUT2D eigenvalue weighted by Crippen LogP contribution is 2.44. The molecule has 4 rings (SSSR count). The number of fused-ring (bicyclic) bond motifs is 1. The molecule has 0 aromatic carbocycles. The zero-order valence-corrected chi connectivity index (χ0v) is 13.5. The largest absolute Gasteiger partial charge is 0.378 e. The van der Waals surface area contributed by atoms with Gasteiger partial charge in [0.15, 0.2) is 0 Å². The van der Waals surface area contributed by atoms with Crippen molar-refractivity contribution in [2.75, 3.05) is 31.6 Å². The molecule has 1 N–H and O–H groups in total. The average molecular weight is 315 g/mol. The summed E-state index contributed by atoms with van der Waals surface area (Å²) >= 11 is 0. The molecule has 2 aliphatic carbocycles. The van der Waals surface area contributed by atoms with Crippen molar-refractivity contribution < 1.29 is 9.53 Å². The van der Waals surface area contributed by atoms with Crippen LogP contribution in [0.4, 0.5) is 5.82 Å². The summed E-state index contributed by atoms with van der Waals surface area (Å²) in [5.41, 5.74) is 0.669. The van der Waals surface area contributed by atoms with Gasteiger partial charge in [-0.2, -0.15) is 0 Å². The first-order valence-electron chi connectivity index (χ1n) is 8.91. The molecule has 3 unspecified atom stereocenters. The second-order valence-electron chi connectivity index (χ2n) is 7.02. The first-order valence-corrected chi connectivity index (χ1v) is 8.91. The van der Waals surface area contributed by atoms with Gasteiger partial charge in [-0.1, -0.05) is 12.8 Å². The molecular weight excluding hydrogens is 290 g/mol. The highest BCUT2D eigenvalue weighted by Gasteiger charge is 2.39. The van der Waals surface area contributed by atoms with Gasteiger partial charge in [-0.25, -0.2) is 4.98 Å². The van der Waals surface area contributed by atoms with E-state index in [4.69, 9.17) is 4.74 Å². The molecule has 3 atom stereocenters. The lowest BCUT2D eigenvalue weighted by atomic mass is 9.98. The quantitative estimate of drug-likeness (QED) is 0.931. The van der Waals surface area contributed by atoms with E-state index >= 15 is 0 Å². The predicted molar refractivity (Wildman–Crippen MR) is 88.4 cm³/mol. The Bertz CT molecular complexity index is 554. The van der Waals surface area contributed by atoms with E-state index in [0.29, 0.717) is 37.9 Å². The van der Waals surface area contributed by atoms with E-state index in [9.17, 15) is 4.79 Å². The van der Waals surface area contributed by atoms with Crippen molar-refractivity contribution in [3.8, 4) is 0 Å². The minimum atomic E-state index is 0.0593. The maximum Gasteiger partial charge on any atom is 0.255 e. The molecule has 1 saturated heterocycles. The smallest absolute Gasteiger partial charge is 0.255 e. The molecule has 5 nitrogen and oxygen atoms in total. The minimum Gasteiger partial charge on any atom is -0.378 e. The fraction of sp³-hybridized carbons (Fsp3) is 0.667. The van der Waals surface area contributed by atoms with Gasteiger partial charge < -0.3 is 15.0 Å². The first-order chi connectivity index (χ1) is 11.3. The zero-order chi connectivity index (χ0) is 15.6. The number of hydrogen-bond acceptors (Lipinski definition) is 4. The van der Waals surface area contributed by atoms with E-state index in [1.807, 2.05) is 17.0 Å². The molecule has 2 heterocycles. The van der Waals surface area contributed by atoms with E-state index < -0.39 is 0 Å². The van der Waals surface area contributed by atoms with Crippen LogP contribution in [0, 0.1) is 11.8 Å². The third-order valence-corrected chi connectivity index (χ3v) is 5.73. The number of pyridine rings is 1. The number of carbonyl (C=O) groups excluding carboxylic acids is 1. The monoisotopic (exact) mass is 315 g/mol. The van der Waals surface area contributed by atoms with Gasteiger partial charge >= 0.3 is 0 Å². The van der Waals surface area contributed by atoms with Crippen LogP contribution in [0.15, 0.2) is 18.3 Å². The molecule has 2 saturated carbocycles. The number of amides is 1. The van der Waals surface area contributed by atoms with Crippen LogP contribution < -0.4 is 5.32 Å². The Balaban J connectivity index is 1.38. The van der Waals surface area contributed by atoms with Crippen LogP contribution in [0.5, 0.6) is 0 Å². The standard InChI is InChI=1S/C18H25N3O2/c22-18(21-8-10-23-11-9-21)14-5-7-17(19-12-14)20-16-6-4-13-2-1-3-15(13)16/h5,7,12-13,15-16H,1-4,6,8-11H2,(H,19,20). The van der Waals surface area contributed by atoms with Crippen molar-refractivity contribution in [1.29, 1.82) is 0 Å². The normalized spacial score (nSPS) is 30.3. The summed E-state index contributed by atoms with van der Waals surface area (Å²) < 4.78 is 5.29. The lowest BCUT2D eigenvalue weighted by Gasteiger charge is -2.26. The van der Waals surface area contributed by atoms with E-state index in [1.54, 1.807) is 6.20 Å². The molecule has 3 fully saturated rings. The SMILES string of the molecule is O=C(c1ccc(NC2CCC3CCCC32)nc1)N1CCOCC1. The topological polar surface area (TPSA) is 54.5 Å². The number of ether oxygens (including phenoxy) is 1. The number of carbonyl (C=O) groups is 1. The molecule has 1 amide bonds. The lowest BCUT2D eigenvalue weighted by Crippen LogP contribution is -2.40. The predicted octanol–water partition coefficient (Wildman–Crippen LogP) is 2.54.